The molecule has 1 atom stereocenters. The van der Waals surface area contributed by atoms with Gasteiger partial charge in [-0.15, -0.1) is 0 Å². The van der Waals surface area contributed by atoms with E-state index in [1.165, 1.54) is 24.3 Å². The Morgan fingerprint density at radius 1 is 1.16 bits per heavy atom. The van der Waals surface area contributed by atoms with Gasteiger partial charge in [0.15, 0.2) is 5.71 Å². The van der Waals surface area contributed by atoms with Gasteiger partial charge in [0.05, 0.1) is 4.75 Å². The molecule has 0 heterocycles. The average Bonchev–Trinajstić information content (AvgIpc) is 2.24. The van der Waals surface area contributed by atoms with Gasteiger partial charge in [0, 0.05) is 10.6 Å². The zero-order valence-corrected chi connectivity index (χ0v) is 12.2. The summed E-state index contributed by atoms with van der Waals surface area (Å²) in [5.74, 6) is 0. The van der Waals surface area contributed by atoms with Crippen LogP contribution in [0.1, 0.15) is 26.3 Å². The lowest BCUT2D eigenvalue weighted by molar-refractivity contribution is -0.0578. The SMILES string of the molecule is CC(C)(C)[S@@](=O)/N=C(\c1ccc(Cl)cc1)C(F)(F)F. The third kappa shape index (κ3) is 4.62. The quantitative estimate of drug-likeness (QED) is 0.754. The average molecular weight is 312 g/mol. The van der Waals surface area contributed by atoms with E-state index < -0.39 is 27.6 Å². The van der Waals surface area contributed by atoms with Crippen molar-refractivity contribution in [2.24, 2.45) is 4.40 Å². The van der Waals surface area contributed by atoms with Crippen molar-refractivity contribution in [1.29, 1.82) is 0 Å². The van der Waals surface area contributed by atoms with Crippen LogP contribution in [0, 0.1) is 0 Å². The standard InChI is InChI=1S/C12H13ClF3NOS/c1-11(2,3)19(18)17-10(12(14,15)16)8-4-6-9(13)7-5-8/h4-7H,1-3H3/b17-10+/t19-/m1/s1. The molecule has 0 aliphatic carbocycles. The van der Waals surface area contributed by atoms with Crippen molar-refractivity contribution in [2.75, 3.05) is 0 Å². The van der Waals surface area contributed by atoms with Crippen molar-refractivity contribution in [2.45, 2.75) is 31.7 Å². The first kappa shape index (κ1) is 16.2. The lowest BCUT2D eigenvalue weighted by Crippen LogP contribution is -2.28. The van der Waals surface area contributed by atoms with Gasteiger partial charge in [0.25, 0.3) is 0 Å². The molecule has 0 aliphatic heterocycles. The van der Waals surface area contributed by atoms with Crippen molar-refractivity contribution < 1.29 is 17.4 Å². The smallest absolute Gasteiger partial charge is 0.234 e. The third-order valence-electron chi connectivity index (χ3n) is 2.08. The van der Waals surface area contributed by atoms with Crippen LogP contribution in [-0.2, 0) is 11.0 Å². The topological polar surface area (TPSA) is 29.4 Å². The summed E-state index contributed by atoms with van der Waals surface area (Å²) in [7, 11) is -1.98. The Balaban J connectivity index is 3.28. The van der Waals surface area contributed by atoms with E-state index in [2.05, 4.69) is 4.40 Å². The van der Waals surface area contributed by atoms with Gasteiger partial charge < -0.3 is 0 Å². The van der Waals surface area contributed by atoms with E-state index in [0.717, 1.165) is 0 Å². The Morgan fingerprint density at radius 3 is 2.00 bits per heavy atom. The summed E-state index contributed by atoms with van der Waals surface area (Å²) in [4.78, 5) is 0. The molecule has 2 nitrogen and oxygen atoms in total. The molecule has 0 radical (unpaired) electrons. The molecular formula is C12H13ClF3NOS. The maximum Gasteiger partial charge on any atom is 0.434 e. The Labute approximate surface area is 117 Å². The Morgan fingerprint density at radius 2 is 1.63 bits per heavy atom. The maximum atomic E-state index is 13.0. The number of hydrogen-bond acceptors (Lipinski definition) is 1. The molecule has 0 aromatic heterocycles. The first-order valence-corrected chi connectivity index (χ1v) is 6.84. The third-order valence-corrected chi connectivity index (χ3v) is 3.73. The molecule has 0 fully saturated rings. The van der Waals surface area contributed by atoms with Crippen LogP contribution in [0.25, 0.3) is 0 Å². The first-order chi connectivity index (χ1) is 8.51. The number of rotatable bonds is 2. The van der Waals surface area contributed by atoms with Gasteiger partial charge >= 0.3 is 6.18 Å². The van der Waals surface area contributed by atoms with Crippen molar-refractivity contribution >= 4 is 28.3 Å². The van der Waals surface area contributed by atoms with E-state index in [1.807, 2.05) is 0 Å². The molecule has 1 aromatic rings. The molecule has 1 aromatic carbocycles. The van der Waals surface area contributed by atoms with E-state index >= 15 is 0 Å². The van der Waals surface area contributed by atoms with Crippen LogP contribution >= 0.6 is 11.6 Å². The van der Waals surface area contributed by atoms with Gasteiger partial charge in [0.2, 0.25) is 0 Å². The van der Waals surface area contributed by atoms with Crippen LogP contribution in [0.4, 0.5) is 13.2 Å². The van der Waals surface area contributed by atoms with Gasteiger partial charge in [-0.3, -0.25) is 0 Å². The number of halogens is 4. The number of hydrogen-bond donors (Lipinski definition) is 0. The van der Waals surface area contributed by atoms with Crippen LogP contribution in [0.3, 0.4) is 0 Å². The zero-order chi connectivity index (χ0) is 14.8. The van der Waals surface area contributed by atoms with Crippen molar-refractivity contribution in [3.8, 4) is 0 Å². The summed E-state index contributed by atoms with van der Waals surface area (Å²) in [6.45, 7) is 4.67. The second kappa shape index (κ2) is 5.63. The van der Waals surface area contributed by atoms with Crippen LogP contribution in [0.5, 0.6) is 0 Å². The molecule has 7 heteroatoms. The highest BCUT2D eigenvalue weighted by molar-refractivity contribution is 7.85. The molecule has 0 N–H and O–H groups in total. The molecule has 0 bridgehead atoms. The number of benzene rings is 1. The second-order valence-corrected chi connectivity index (χ2v) is 7.15. The highest BCUT2D eigenvalue weighted by atomic mass is 35.5. The summed E-state index contributed by atoms with van der Waals surface area (Å²) in [6, 6.07) is 5.07. The van der Waals surface area contributed by atoms with E-state index in [4.69, 9.17) is 11.6 Å². The van der Waals surface area contributed by atoms with E-state index in [1.54, 1.807) is 20.8 Å². The molecule has 106 valence electrons. The van der Waals surface area contributed by atoms with Crippen molar-refractivity contribution in [1.82, 2.24) is 0 Å². The summed E-state index contributed by atoms with van der Waals surface area (Å²) in [5.41, 5.74) is -1.31. The number of alkyl halides is 3. The minimum absolute atomic E-state index is 0.158. The van der Waals surface area contributed by atoms with Crippen molar-refractivity contribution in [3.05, 3.63) is 34.9 Å². The molecule has 1 rings (SSSR count). The molecule has 0 aliphatic rings. The first-order valence-electron chi connectivity index (χ1n) is 5.35. The van der Waals surface area contributed by atoms with Crippen molar-refractivity contribution in [3.63, 3.8) is 0 Å². The van der Waals surface area contributed by atoms with Crippen LogP contribution in [0.2, 0.25) is 5.02 Å². The molecule has 0 spiro atoms. The minimum Gasteiger partial charge on any atom is -0.234 e. The molecule has 19 heavy (non-hydrogen) atoms. The molecule has 0 unspecified atom stereocenters. The van der Waals surface area contributed by atoms with Gasteiger partial charge in [0.1, 0.15) is 11.0 Å². The van der Waals surface area contributed by atoms with E-state index in [0.29, 0.717) is 5.02 Å². The van der Waals surface area contributed by atoms with E-state index in [9.17, 15) is 17.4 Å². The van der Waals surface area contributed by atoms with Crippen LogP contribution in [-0.4, -0.2) is 20.8 Å². The second-order valence-electron chi connectivity index (χ2n) is 4.81. The Bertz CT molecular complexity index is 503. The normalized spacial score (nSPS) is 15.4. The van der Waals surface area contributed by atoms with Crippen LogP contribution in [0.15, 0.2) is 28.7 Å². The molecule has 0 saturated heterocycles. The predicted molar refractivity (Wildman–Crippen MR) is 71.9 cm³/mol. The highest BCUT2D eigenvalue weighted by Gasteiger charge is 2.38. The molecule has 0 amide bonds. The number of nitrogens with zero attached hydrogens (tertiary/aromatic N) is 1. The Kier molecular flexibility index (Phi) is 4.79. The minimum atomic E-state index is -4.67. The van der Waals surface area contributed by atoms with Crippen LogP contribution < -0.4 is 0 Å². The molecular weight excluding hydrogens is 299 g/mol. The van der Waals surface area contributed by atoms with Gasteiger partial charge in [-0.25, -0.2) is 4.21 Å². The van der Waals surface area contributed by atoms with Gasteiger partial charge in [-0.05, 0) is 32.9 Å². The highest BCUT2D eigenvalue weighted by Crippen LogP contribution is 2.25. The van der Waals surface area contributed by atoms with Gasteiger partial charge in [-0.2, -0.15) is 17.6 Å². The summed E-state index contributed by atoms with van der Waals surface area (Å²) >= 11 is 5.63. The largest absolute Gasteiger partial charge is 0.434 e. The summed E-state index contributed by atoms with van der Waals surface area (Å²) < 4.78 is 53.1. The molecule has 0 saturated carbocycles. The summed E-state index contributed by atoms with van der Waals surface area (Å²) in [6.07, 6.45) is -4.67. The lowest BCUT2D eigenvalue weighted by Gasteiger charge is -2.16. The monoisotopic (exact) mass is 311 g/mol. The Hall–Kier alpha value is -0.880. The zero-order valence-electron chi connectivity index (χ0n) is 10.6. The predicted octanol–water partition coefficient (Wildman–Crippen LogP) is 4.15. The van der Waals surface area contributed by atoms with E-state index in [-0.39, 0.29) is 5.56 Å². The fourth-order valence-corrected chi connectivity index (χ4v) is 1.87. The fraction of sp³-hybridized carbons (Fsp3) is 0.417. The summed E-state index contributed by atoms with van der Waals surface area (Å²) in [5, 5.41) is 0.321. The van der Waals surface area contributed by atoms with Gasteiger partial charge in [-0.1, -0.05) is 23.7 Å². The maximum absolute atomic E-state index is 13.0. The fourth-order valence-electron chi connectivity index (χ4n) is 1.10. The lowest BCUT2D eigenvalue weighted by atomic mass is 10.1.